The van der Waals surface area contributed by atoms with Crippen LogP contribution in [0.15, 0.2) is 101 Å². The molecule has 4 rings (SSSR count). The highest BCUT2D eigenvalue weighted by Crippen LogP contribution is 2.29. The molecule has 0 unspecified atom stereocenters. The molecular weight excluding hydrogens is 564 g/mol. The van der Waals surface area contributed by atoms with Gasteiger partial charge in [-0.15, -0.1) is 0 Å². The minimum Gasteiger partial charge on any atom is -0.493 e. The lowest BCUT2D eigenvalue weighted by Crippen LogP contribution is -2.17. The maximum absolute atomic E-state index is 12.8. The van der Waals surface area contributed by atoms with E-state index in [1.54, 1.807) is 54.6 Å². The predicted octanol–water partition coefficient (Wildman–Crippen LogP) is 6.03. The Labute approximate surface area is 234 Å². The zero-order valence-electron chi connectivity index (χ0n) is 21.2. The predicted molar refractivity (Wildman–Crippen MR) is 151 cm³/mol. The molecule has 0 bridgehead atoms. The van der Waals surface area contributed by atoms with E-state index in [0.29, 0.717) is 35.0 Å². The van der Waals surface area contributed by atoms with E-state index < -0.39 is 11.9 Å². The maximum atomic E-state index is 12.8. The second kappa shape index (κ2) is 13.3. The zero-order valence-corrected chi connectivity index (χ0v) is 22.8. The summed E-state index contributed by atoms with van der Waals surface area (Å²) in [6.45, 7) is 0.433. The molecule has 4 aromatic rings. The number of halogens is 1. The number of hydrogen-bond acceptors (Lipinski definition) is 7. The summed E-state index contributed by atoms with van der Waals surface area (Å²) < 4.78 is 22.6. The molecule has 0 radical (unpaired) electrons. The Morgan fingerprint density at radius 2 is 1.51 bits per heavy atom. The van der Waals surface area contributed by atoms with Crippen molar-refractivity contribution in [2.45, 2.75) is 6.61 Å². The fraction of sp³-hybridized carbons (Fsp3) is 0.100. The Balaban J connectivity index is 1.39. The standard InChI is InChI=1S/C30H25BrN2O6/c1-36-27-14-10-22(17-28(27)37-2)30(35)39-26-15-11-24(31)16-23(26)18-32-33-29(34)21-8-12-25(13-9-21)38-19-20-6-4-3-5-7-20/h3-18H,19H2,1-2H3,(H,33,34). The fourth-order valence-corrected chi connectivity index (χ4v) is 3.88. The molecule has 1 amide bonds. The number of methoxy groups -OCH3 is 2. The summed E-state index contributed by atoms with van der Waals surface area (Å²) in [5, 5.41) is 4.04. The quantitative estimate of drug-likeness (QED) is 0.105. The van der Waals surface area contributed by atoms with Crippen LogP contribution >= 0.6 is 15.9 Å². The third-order valence-electron chi connectivity index (χ3n) is 5.53. The summed E-state index contributed by atoms with van der Waals surface area (Å²) in [5.74, 6) is 0.815. The summed E-state index contributed by atoms with van der Waals surface area (Å²) in [6, 6.07) is 26.4. The van der Waals surface area contributed by atoms with E-state index in [-0.39, 0.29) is 11.3 Å². The fourth-order valence-electron chi connectivity index (χ4n) is 3.50. The smallest absolute Gasteiger partial charge is 0.343 e. The van der Waals surface area contributed by atoms with Gasteiger partial charge in [0.1, 0.15) is 18.1 Å². The van der Waals surface area contributed by atoms with E-state index in [9.17, 15) is 9.59 Å². The van der Waals surface area contributed by atoms with Gasteiger partial charge in [0.25, 0.3) is 5.91 Å². The summed E-state index contributed by atoms with van der Waals surface area (Å²) in [5.41, 5.74) is 4.70. The summed E-state index contributed by atoms with van der Waals surface area (Å²) >= 11 is 3.40. The second-order valence-corrected chi connectivity index (χ2v) is 9.05. The molecule has 0 aromatic heterocycles. The Kier molecular flexibility index (Phi) is 9.31. The molecule has 0 saturated carbocycles. The Morgan fingerprint density at radius 3 is 2.23 bits per heavy atom. The number of hydrogen-bond donors (Lipinski definition) is 1. The van der Waals surface area contributed by atoms with Crippen molar-refractivity contribution in [3.63, 3.8) is 0 Å². The number of nitrogens with one attached hydrogen (secondary N) is 1. The molecular formula is C30H25BrN2O6. The first-order valence-electron chi connectivity index (χ1n) is 11.8. The molecule has 0 aliphatic carbocycles. The third-order valence-corrected chi connectivity index (χ3v) is 6.02. The van der Waals surface area contributed by atoms with Crippen LogP contribution in [0, 0.1) is 0 Å². The van der Waals surface area contributed by atoms with E-state index in [1.165, 1.54) is 26.5 Å². The van der Waals surface area contributed by atoms with Gasteiger partial charge in [0.2, 0.25) is 0 Å². The molecule has 8 nitrogen and oxygen atoms in total. The van der Waals surface area contributed by atoms with Gasteiger partial charge in [0, 0.05) is 15.6 Å². The molecule has 39 heavy (non-hydrogen) atoms. The van der Waals surface area contributed by atoms with Crippen molar-refractivity contribution in [3.05, 3.63) is 118 Å². The van der Waals surface area contributed by atoms with Crippen LogP contribution in [-0.4, -0.2) is 32.3 Å². The van der Waals surface area contributed by atoms with Crippen molar-refractivity contribution in [1.29, 1.82) is 0 Å². The first-order chi connectivity index (χ1) is 19.0. The number of rotatable bonds is 10. The van der Waals surface area contributed by atoms with Crippen LogP contribution in [0.5, 0.6) is 23.0 Å². The molecule has 1 N–H and O–H groups in total. The lowest BCUT2D eigenvalue weighted by atomic mass is 10.2. The molecule has 0 saturated heterocycles. The van der Waals surface area contributed by atoms with Crippen LogP contribution < -0.4 is 24.4 Å². The Bertz CT molecular complexity index is 1470. The first kappa shape index (κ1) is 27.4. The topological polar surface area (TPSA) is 95.5 Å². The van der Waals surface area contributed by atoms with Crippen LogP contribution in [0.25, 0.3) is 0 Å². The number of esters is 1. The van der Waals surface area contributed by atoms with Crippen molar-refractivity contribution in [2.75, 3.05) is 14.2 Å². The SMILES string of the molecule is COc1ccc(C(=O)Oc2ccc(Br)cc2C=NNC(=O)c2ccc(OCc3ccccc3)cc2)cc1OC. The van der Waals surface area contributed by atoms with Gasteiger partial charge in [-0.05, 0) is 66.2 Å². The average Bonchev–Trinajstić information content (AvgIpc) is 2.97. The van der Waals surface area contributed by atoms with Crippen LogP contribution in [0.4, 0.5) is 0 Å². The van der Waals surface area contributed by atoms with Crippen molar-refractivity contribution in [3.8, 4) is 23.0 Å². The normalized spacial score (nSPS) is 10.6. The second-order valence-electron chi connectivity index (χ2n) is 8.14. The number of carbonyl (C=O) groups is 2. The molecule has 4 aromatic carbocycles. The number of hydrazone groups is 1. The van der Waals surface area contributed by atoms with E-state index >= 15 is 0 Å². The van der Waals surface area contributed by atoms with Gasteiger partial charge in [-0.2, -0.15) is 5.10 Å². The van der Waals surface area contributed by atoms with Gasteiger partial charge in [0.05, 0.1) is 26.0 Å². The Hall–Kier alpha value is -4.63. The molecule has 9 heteroatoms. The van der Waals surface area contributed by atoms with Crippen LogP contribution in [-0.2, 0) is 6.61 Å². The number of ether oxygens (including phenoxy) is 4. The van der Waals surface area contributed by atoms with E-state index in [0.717, 1.165) is 10.0 Å². The van der Waals surface area contributed by atoms with Crippen LogP contribution in [0.3, 0.4) is 0 Å². The third kappa shape index (κ3) is 7.45. The highest BCUT2D eigenvalue weighted by molar-refractivity contribution is 9.10. The minimum absolute atomic E-state index is 0.260. The highest BCUT2D eigenvalue weighted by atomic mass is 79.9. The largest absolute Gasteiger partial charge is 0.493 e. The molecule has 198 valence electrons. The number of amides is 1. The van der Waals surface area contributed by atoms with Gasteiger partial charge in [-0.1, -0.05) is 46.3 Å². The molecule has 0 aliphatic heterocycles. The maximum Gasteiger partial charge on any atom is 0.343 e. The number of nitrogens with zero attached hydrogens (tertiary/aromatic N) is 1. The van der Waals surface area contributed by atoms with Gasteiger partial charge >= 0.3 is 5.97 Å². The first-order valence-corrected chi connectivity index (χ1v) is 12.6. The monoisotopic (exact) mass is 588 g/mol. The highest BCUT2D eigenvalue weighted by Gasteiger charge is 2.15. The van der Waals surface area contributed by atoms with Gasteiger partial charge < -0.3 is 18.9 Å². The molecule has 0 fully saturated rings. The molecule has 0 heterocycles. The van der Waals surface area contributed by atoms with Crippen LogP contribution in [0.1, 0.15) is 31.8 Å². The van der Waals surface area contributed by atoms with E-state index in [4.69, 9.17) is 18.9 Å². The van der Waals surface area contributed by atoms with Crippen molar-refractivity contribution >= 4 is 34.0 Å². The number of benzene rings is 4. The lowest BCUT2D eigenvalue weighted by molar-refractivity contribution is 0.0733. The van der Waals surface area contributed by atoms with Crippen molar-refractivity contribution in [2.24, 2.45) is 5.10 Å². The molecule has 0 aliphatic rings. The van der Waals surface area contributed by atoms with E-state index in [2.05, 4.69) is 26.5 Å². The van der Waals surface area contributed by atoms with Gasteiger partial charge in [0.15, 0.2) is 11.5 Å². The Morgan fingerprint density at radius 1 is 0.821 bits per heavy atom. The van der Waals surface area contributed by atoms with E-state index in [1.807, 2.05) is 30.3 Å². The lowest BCUT2D eigenvalue weighted by Gasteiger charge is -2.11. The van der Waals surface area contributed by atoms with Crippen molar-refractivity contribution in [1.82, 2.24) is 5.43 Å². The summed E-state index contributed by atoms with van der Waals surface area (Å²) in [7, 11) is 3.00. The zero-order chi connectivity index (χ0) is 27.6. The summed E-state index contributed by atoms with van der Waals surface area (Å²) in [4.78, 5) is 25.4. The number of carbonyl (C=O) groups excluding carboxylic acids is 2. The molecule has 0 atom stereocenters. The van der Waals surface area contributed by atoms with Crippen LogP contribution in [0.2, 0.25) is 0 Å². The molecule has 0 spiro atoms. The van der Waals surface area contributed by atoms with Crippen molar-refractivity contribution < 1.29 is 28.5 Å². The van der Waals surface area contributed by atoms with Gasteiger partial charge in [-0.3, -0.25) is 4.79 Å². The summed E-state index contributed by atoms with van der Waals surface area (Å²) in [6.07, 6.45) is 1.40. The minimum atomic E-state index is -0.591. The van der Waals surface area contributed by atoms with Gasteiger partial charge in [-0.25, -0.2) is 10.2 Å². The average molecular weight is 589 g/mol.